The minimum atomic E-state index is -0.508. The summed E-state index contributed by atoms with van der Waals surface area (Å²) < 4.78 is 16.7. The lowest BCUT2D eigenvalue weighted by molar-refractivity contribution is 0.229. The zero-order valence-electron chi connectivity index (χ0n) is 21.8. The number of nitrogens with one attached hydrogen (secondary N) is 1. The molecule has 0 atom stereocenters. The molecule has 0 amide bonds. The zero-order valence-corrected chi connectivity index (χ0v) is 22.5. The summed E-state index contributed by atoms with van der Waals surface area (Å²) >= 11 is 6.42. The summed E-state index contributed by atoms with van der Waals surface area (Å²) in [6, 6.07) is 11.6. The molecule has 1 aliphatic rings. The van der Waals surface area contributed by atoms with E-state index in [0.29, 0.717) is 34.7 Å². The Hall–Kier alpha value is -4.35. The molecule has 3 heterocycles. The summed E-state index contributed by atoms with van der Waals surface area (Å²) in [6.07, 6.45) is 7.52. The predicted octanol–water partition coefficient (Wildman–Crippen LogP) is 6.43. The number of imidazole rings is 1. The average Bonchev–Trinajstić information content (AvgIpc) is 3.38. The van der Waals surface area contributed by atoms with Crippen LogP contribution in [0.5, 0.6) is 0 Å². The van der Waals surface area contributed by atoms with Crippen LogP contribution in [0.15, 0.2) is 68.3 Å². The van der Waals surface area contributed by atoms with Crippen LogP contribution >= 0.6 is 11.6 Å². The van der Waals surface area contributed by atoms with Gasteiger partial charge in [0, 0.05) is 67.5 Å². The van der Waals surface area contributed by atoms with Crippen molar-refractivity contribution in [1.29, 1.82) is 5.26 Å². The highest BCUT2D eigenvalue weighted by Gasteiger charge is 2.19. The predicted molar refractivity (Wildman–Crippen MR) is 154 cm³/mol. The highest BCUT2D eigenvalue weighted by Crippen LogP contribution is 2.34. The Balaban J connectivity index is 1.38. The molecule has 198 valence electrons. The molecule has 0 bridgehead atoms. The van der Waals surface area contributed by atoms with Gasteiger partial charge in [0.05, 0.1) is 23.0 Å². The number of aryl methyl sites for hydroxylation is 2. The topological polar surface area (TPSA) is 72.5 Å². The van der Waals surface area contributed by atoms with Crippen LogP contribution in [-0.2, 0) is 6.42 Å². The molecule has 0 unspecified atom stereocenters. The number of hydrogen-bond acceptors (Lipinski definition) is 6. The van der Waals surface area contributed by atoms with Crippen molar-refractivity contribution in [2.24, 2.45) is 0 Å². The Kier molecular flexibility index (Phi) is 7.53. The van der Waals surface area contributed by atoms with Crippen LogP contribution in [0.1, 0.15) is 23.1 Å². The van der Waals surface area contributed by atoms with Crippen molar-refractivity contribution in [2.45, 2.75) is 19.8 Å². The Morgan fingerprint density at radius 3 is 2.72 bits per heavy atom. The highest BCUT2D eigenvalue weighted by atomic mass is 35.5. The second-order valence-corrected chi connectivity index (χ2v) is 9.86. The van der Waals surface area contributed by atoms with Gasteiger partial charge in [0.2, 0.25) is 0 Å². The van der Waals surface area contributed by atoms with Gasteiger partial charge in [-0.1, -0.05) is 43.0 Å². The van der Waals surface area contributed by atoms with Gasteiger partial charge in [-0.05, 0) is 42.8 Å². The fourth-order valence-corrected chi connectivity index (χ4v) is 5.21. The fraction of sp³-hybridized carbons (Fsp3) is 0.233. The molecular formula is C30H29ClFN7. The van der Waals surface area contributed by atoms with E-state index in [1.54, 1.807) is 30.7 Å². The summed E-state index contributed by atoms with van der Waals surface area (Å²) in [5.74, 6) is 0.0593. The van der Waals surface area contributed by atoms with Gasteiger partial charge in [0.1, 0.15) is 5.82 Å². The van der Waals surface area contributed by atoms with Gasteiger partial charge >= 0.3 is 0 Å². The van der Waals surface area contributed by atoms with Crippen LogP contribution in [0.25, 0.3) is 22.6 Å². The molecule has 0 saturated carbocycles. The lowest BCUT2D eigenvalue weighted by Gasteiger charge is -2.36. The fourth-order valence-electron chi connectivity index (χ4n) is 4.92. The lowest BCUT2D eigenvalue weighted by Crippen LogP contribution is -2.42. The number of nitriles is 1. The number of aromatic nitrogens is 3. The minimum Gasteiger partial charge on any atom is -0.374 e. The molecule has 7 nitrogen and oxygen atoms in total. The quantitative estimate of drug-likeness (QED) is 0.277. The zero-order chi connectivity index (χ0) is 27.5. The first-order valence-electron chi connectivity index (χ1n) is 12.8. The van der Waals surface area contributed by atoms with Crippen molar-refractivity contribution >= 4 is 34.5 Å². The van der Waals surface area contributed by atoms with E-state index >= 15 is 0 Å². The number of rotatable bonds is 8. The Labute approximate surface area is 232 Å². The standard InChI is InChI=1S/C30H29ClFN7/c1-4-37-14-16-38(17-15-37)21(3)24-10-8-23(18-20(24)2)36-29-30-35-19-26(39(30)13-12-34-29)25-9-7-22(6-5-11-33)28(32)27(25)31/h4,7-10,12-13,18-19H,1,3,5-6,14-17H2,2H3,(H,34,36). The molecule has 4 aromatic rings. The molecule has 1 aliphatic heterocycles. The Morgan fingerprint density at radius 1 is 1.21 bits per heavy atom. The van der Waals surface area contributed by atoms with Crippen LogP contribution in [-0.4, -0.2) is 50.3 Å². The number of nitrogens with zero attached hydrogens (tertiary/aromatic N) is 6. The van der Waals surface area contributed by atoms with Gasteiger partial charge < -0.3 is 15.1 Å². The van der Waals surface area contributed by atoms with Crippen molar-refractivity contribution in [2.75, 3.05) is 31.5 Å². The van der Waals surface area contributed by atoms with Gasteiger partial charge in [-0.25, -0.2) is 14.4 Å². The minimum absolute atomic E-state index is 0.0101. The molecule has 1 saturated heterocycles. The summed E-state index contributed by atoms with van der Waals surface area (Å²) in [6.45, 7) is 14.0. The monoisotopic (exact) mass is 541 g/mol. The second kappa shape index (κ2) is 11.2. The number of halogens is 2. The summed E-state index contributed by atoms with van der Waals surface area (Å²) in [4.78, 5) is 13.6. The third kappa shape index (κ3) is 5.18. The SMILES string of the molecule is C=CN1CCN(C(=C)c2ccc(Nc3nccn4c(-c5ccc(CCC#N)c(F)c5Cl)cnc34)cc2C)CC1. The van der Waals surface area contributed by atoms with E-state index in [1.807, 2.05) is 22.7 Å². The molecule has 9 heteroatoms. The maximum absolute atomic E-state index is 14.9. The highest BCUT2D eigenvalue weighted by molar-refractivity contribution is 6.33. The Bertz CT molecular complexity index is 1600. The van der Waals surface area contributed by atoms with Crippen molar-refractivity contribution < 1.29 is 4.39 Å². The maximum atomic E-state index is 14.9. The Morgan fingerprint density at radius 2 is 2.00 bits per heavy atom. The maximum Gasteiger partial charge on any atom is 0.180 e. The van der Waals surface area contributed by atoms with Crippen LogP contribution in [0, 0.1) is 24.1 Å². The van der Waals surface area contributed by atoms with E-state index in [9.17, 15) is 4.39 Å². The lowest BCUT2D eigenvalue weighted by atomic mass is 10.0. The summed E-state index contributed by atoms with van der Waals surface area (Å²) in [5.41, 5.74) is 6.27. The van der Waals surface area contributed by atoms with Crippen molar-refractivity contribution in [3.63, 3.8) is 0 Å². The summed E-state index contributed by atoms with van der Waals surface area (Å²) in [7, 11) is 0. The second-order valence-electron chi connectivity index (χ2n) is 9.48. The third-order valence-electron chi connectivity index (χ3n) is 7.13. The average molecular weight is 542 g/mol. The molecule has 5 rings (SSSR count). The first-order chi connectivity index (χ1) is 18.9. The molecule has 39 heavy (non-hydrogen) atoms. The van der Waals surface area contributed by atoms with Gasteiger partial charge in [-0.15, -0.1) is 0 Å². The number of piperazine rings is 1. The first-order valence-corrected chi connectivity index (χ1v) is 13.1. The first kappa shape index (κ1) is 26.3. The van der Waals surface area contributed by atoms with E-state index in [4.69, 9.17) is 16.9 Å². The molecule has 2 aromatic carbocycles. The molecule has 1 fully saturated rings. The molecular weight excluding hydrogens is 513 g/mol. The van der Waals surface area contributed by atoms with Gasteiger partial charge in [-0.2, -0.15) is 5.26 Å². The normalized spacial score (nSPS) is 13.4. The summed E-state index contributed by atoms with van der Waals surface area (Å²) in [5, 5.41) is 12.2. The van der Waals surface area contributed by atoms with Crippen molar-refractivity contribution in [3.8, 4) is 17.3 Å². The van der Waals surface area contributed by atoms with Gasteiger partial charge in [-0.3, -0.25) is 4.40 Å². The van der Waals surface area contributed by atoms with Crippen LogP contribution in [0.4, 0.5) is 15.9 Å². The van der Waals surface area contributed by atoms with Gasteiger partial charge in [0.25, 0.3) is 0 Å². The van der Waals surface area contributed by atoms with Gasteiger partial charge in [0.15, 0.2) is 11.5 Å². The third-order valence-corrected chi connectivity index (χ3v) is 7.50. The van der Waals surface area contributed by atoms with E-state index in [0.717, 1.165) is 48.7 Å². The van der Waals surface area contributed by atoms with E-state index in [2.05, 4.69) is 57.3 Å². The molecule has 1 N–H and O–H groups in total. The van der Waals surface area contributed by atoms with E-state index < -0.39 is 5.82 Å². The number of anilines is 2. The smallest absolute Gasteiger partial charge is 0.180 e. The van der Waals surface area contributed by atoms with E-state index in [-0.39, 0.29) is 11.4 Å². The largest absolute Gasteiger partial charge is 0.374 e. The van der Waals surface area contributed by atoms with Crippen LogP contribution in [0.2, 0.25) is 5.02 Å². The van der Waals surface area contributed by atoms with Crippen molar-refractivity contribution in [3.05, 3.63) is 95.8 Å². The molecule has 0 radical (unpaired) electrons. The van der Waals surface area contributed by atoms with Crippen LogP contribution < -0.4 is 5.32 Å². The molecule has 2 aromatic heterocycles. The van der Waals surface area contributed by atoms with Crippen LogP contribution in [0.3, 0.4) is 0 Å². The van der Waals surface area contributed by atoms with Crippen molar-refractivity contribution in [1.82, 2.24) is 24.2 Å². The number of hydrogen-bond donors (Lipinski definition) is 1. The van der Waals surface area contributed by atoms with E-state index in [1.165, 1.54) is 0 Å². The number of benzene rings is 2. The molecule has 0 spiro atoms. The number of fused-ring (bicyclic) bond motifs is 1. The molecule has 0 aliphatic carbocycles.